The zero-order valence-electron chi connectivity index (χ0n) is 29.3. The summed E-state index contributed by atoms with van der Waals surface area (Å²) in [5, 5.41) is 3.66. The molecule has 1 heterocycles. The van der Waals surface area contributed by atoms with Gasteiger partial charge in [0.25, 0.3) is 0 Å². The summed E-state index contributed by atoms with van der Waals surface area (Å²) in [7, 11) is 0. The Morgan fingerprint density at radius 3 is 1.66 bits per heavy atom. The molecule has 250 valence electrons. The number of fused-ring (bicyclic) bond motifs is 3. The third-order valence-electron chi connectivity index (χ3n) is 10.8. The quantitative estimate of drug-likeness (QED) is 0.171. The van der Waals surface area contributed by atoms with Crippen molar-refractivity contribution in [2.45, 2.75) is 12.8 Å². The average molecular weight is 677 g/mol. The van der Waals surface area contributed by atoms with Crippen LogP contribution in [-0.4, -0.2) is 0 Å². The molecule has 0 unspecified atom stereocenters. The van der Waals surface area contributed by atoms with Gasteiger partial charge in [-0.1, -0.05) is 170 Å². The maximum absolute atomic E-state index is 6.45. The normalized spacial score (nSPS) is 12.3. The van der Waals surface area contributed by atoms with Crippen molar-refractivity contribution in [2.24, 2.45) is 0 Å². The van der Waals surface area contributed by atoms with Crippen molar-refractivity contribution in [3.8, 4) is 67.0 Å². The highest BCUT2D eigenvalue weighted by Crippen LogP contribution is 2.47. The second kappa shape index (κ2) is 13.1. The highest BCUT2D eigenvalue weighted by atomic mass is 16.3. The lowest BCUT2D eigenvalue weighted by Gasteiger charge is -2.24. The van der Waals surface area contributed by atoms with E-state index in [0.29, 0.717) is 0 Å². The minimum Gasteiger partial charge on any atom is -0.456 e. The van der Waals surface area contributed by atoms with Gasteiger partial charge >= 0.3 is 0 Å². The van der Waals surface area contributed by atoms with Gasteiger partial charge in [0.1, 0.15) is 11.3 Å². The standard InChI is InChI=1S/C52H36O/c1-4-14-35(15-5-1)36-24-26-39(27-25-36)50-34-42-32-40(29-31-49(42)53-50)51-44-20-10-12-22-46(44)52(47-23-13-11-21-45(47)51)41-28-30-43(37-16-6-2-7-17-37)48(33-41)38-18-8-3-9-19-38/h1-10,12-20,22-34H,11,21H2. The number of hydrogen-bond donors (Lipinski definition) is 0. The molecule has 1 aromatic heterocycles. The van der Waals surface area contributed by atoms with Gasteiger partial charge in [-0.25, -0.2) is 0 Å². The minimum absolute atomic E-state index is 0.884. The third kappa shape index (κ3) is 5.59. The van der Waals surface area contributed by atoms with E-state index in [0.717, 1.165) is 35.1 Å². The van der Waals surface area contributed by atoms with Crippen LogP contribution in [0.3, 0.4) is 0 Å². The molecule has 0 saturated carbocycles. The predicted molar refractivity (Wildman–Crippen MR) is 224 cm³/mol. The molecule has 1 aliphatic rings. The van der Waals surface area contributed by atoms with E-state index in [1.165, 1.54) is 77.5 Å². The molecule has 1 aliphatic carbocycles. The second-order valence-electron chi connectivity index (χ2n) is 13.9. The maximum atomic E-state index is 6.45. The maximum Gasteiger partial charge on any atom is 0.135 e. The molecule has 8 aromatic carbocycles. The van der Waals surface area contributed by atoms with Crippen molar-refractivity contribution < 1.29 is 4.42 Å². The molecule has 0 atom stereocenters. The lowest BCUT2D eigenvalue weighted by atomic mass is 9.79. The van der Waals surface area contributed by atoms with Gasteiger partial charge in [0.05, 0.1) is 0 Å². The fourth-order valence-electron chi connectivity index (χ4n) is 8.25. The van der Waals surface area contributed by atoms with Gasteiger partial charge in [-0.3, -0.25) is 0 Å². The molecule has 0 N–H and O–H groups in total. The molecule has 0 amide bonds. The summed E-state index contributed by atoms with van der Waals surface area (Å²) in [5.41, 5.74) is 17.1. The molecule has 0 aliphatic heterocycles. The van der Waals surface area contributed by atoms with E-state index in [2.05, 4.69) is 194 Å². The van der Waals surface area contributed by atoms with Crippen LogP contribution in [0.2, 0.25) is 0 Å². The van der Waals surface area contributed by atoms with E-state index in [1.54, 1.807) is 0 Å². The summed E-state index contributed by atoms with van der Waals surface area (Å²) < 4.78 is 6.45. The first-order valence-corrected chi connectivity index (χ1v) is 18.5. The second-order valence-corrected chi connectivity index (χ2v) is 13.9. The zero-order chi connectivity index (χ0) is 35.1. The first kappa shape index (κ1) is 31.1. The third-order valence-corrected chi connectivity index (χ3v) is 10.8. The summed E-state index contributed by atoms with van der Waals surface area (Å²) in [4.78, 5) is 0. The molecule has 0 spiro atoms. The van der Waals surface area contributed by atoms with Crippen LogP contribution in [0.4, 0.5) is 0 Å². The van der Waals surface area contributed by atoms with E-state index in [9.17, 15) is 0 Å². The van der Waals surface area contributed by atoms with E-state index < -0.39 is 0 Å². The van der Waals surface area contributed by atoms with Crippen molar-refractivity contribution in [3.05, 3.63) is 199 Å². The molecule has 1 nitrogen and oxygen atoms in total. The molecule has 10 rings (SSSR count). The lowest BCUT2D eigenvalue weighted by Crippen LogP contribution is -2.02. The van der Waals surface area contributed by atoms with E-state index in [1.807, 2.05) is 0 Å². The van der Waals surface area contributed by atoms with Gasteiger partial charge in [-0.15, -0.1) is 0 Å². The SMILES string of the molecule is C1=Cc2c(c(-c3ccc4oc(-c5ccc(-c6ccccc6)cc5)cc4c3)c3ccccc3c2-c2ccc(-c3ccccc3)c(-c3ccccc3)c2)CC1. The van der Waals surface area contributed by atoms with Gasteiger partial charge in [-0.05, 0) is 115 Å². The van der Waals surface area contributed by atoms with Crippen molar-refractivity contribution in [1.82, 2.24) is 0 Å². The van der Waals surface area contributed by atoms with Crippen molar-refractivity contribution >= 4 is 27.8 Å². The van der Waals surface area contributed by atoms with Crippen LogP contribution < -0.4 is 0 Å². The Bertz CT molecular complexity index is 2790. The minimum atomic E-state index is 0.884. The largest absolute Gasteiger partial charge is 0.456 e. The summed E-state index contributed by atoms with van der Waals surface area (Å²) in [5.74, 6) is 0.884. The van der Waals surface area contributed by atoms with Crippen LogP contribution in [0, 0.1) is 0 Å². The average Bonchev–Trinajstić information content (AvgIpc) is 3.67. The zero-order valence-corrected chi connectivity index (χ0v) is 29.3. The highest BCUT2D eigenvalue weighted by Gasteiger charge is 2.23. The first-order chi connectivity index (χ1) is 26.3. The van der Waals surface area contributed by atoms with Crippen LogP contribution >= 0.6 is 0 Å². The van der Waals surface area contributed by atoms with Crippen LogP contribution in [-0.2, 0) is 6.42 Å². The van der Waals surface area contributed by atoms with Crippen molar-refractivity contribution in [1.29, 1.82) is 0 Å². The highest BCUT2D eigenvalue weighted by molar-refractivity contribution is 6.11. The van der Waals surface area contributed by atoms with Crippen LogP contribution in [0.1, 0.15) is 17.5 Å². The van der Waals surface area contributed by atoms with E-state index >= 15 is 0 Å². The van der Waals surface area contributed by atoms with Gasteiger partial charge < -0.3 is 4.42 Å². The van der Waals surface area contributed by atoms with Crippen molar-refractivity contribution in [2.75, 3.05) is 0 Å². The Morgan fingerprint density at radius 2 is 0.943 bits per heavy atom. The summed E-state index contributed by atoms with van der Waals surface area (Å²) >= 11 is 0. The summed E-state index contributed by atoms with van der Waals surface area (Å²) in [6, 6.07) is 65.6. The van der Waals surface area contributed by atoms with Gasteiger partial charge in [0.2, 0.25) is 0 Å². The Kier molecular flexibility index (Phi) is 7.69. The molecule has 9 aromatic rings. The topological polar surface area (TPSA) is 13.1 Å². The van der Waals surface area contributed by atoms with Crippen LogP contribution in [0.5, 0.6) is 0 Å². The molecule has 0 fully saturated rings. The Labute approximate surface area is 310 Å². The lowest BCUT2D eigenvalue weighted by molar-refractivity contribution is 0.631. The molecule has 1 heteroatoms. The Balaban J connectivity index is 1.11. The van der Waals surface area contributed by atoms with Crippen LogP contribution in [0.15, 0.2) is 192 Å². The number of allylic oxidation sites excluding steroid dienone is 1. The molecular weight excluding hydrogens is 641 g/mol. The molecule has 53 heavy (non-hydrogen) atoms. The van der Waals surface area contributed by atoms with Gasteiger partial charge in [0.15, 0.2) is 0 Å². The summed E-state index contributed by atoms with van der Waals surface area (Å²) in [6.07, 6.45) is 6.73. The summed E-state index contributed by atoms with van der Waals surface area (Å²) in [6.45, 7) is 0. The fraction of sp³-hybridized carbons (Fsp3) is 0.0385. The van der Waals surface area contributed by atoms with Gasteiger partial charge in [0, 0.05) is 10.9 Å². The first-order valence-electron chi connectivity index (χ1n) is 18.5. The number of furan rings is 1. The molecule has 0 bridgehead atoms. The molecule has 0 saturated heterocycles. The fourth-order valence-corrected chi connectivity index (χ4v) is 8.25. The Morgan fingerprint density at radius 1 is 0.396 bits per heavy atom. The van der Waals surface area contributed by atoms with Crippen LogP contribution in [0.25, 0.3) is 94.8 Å². The molecular formula is C52H36O. The van der Waals surface area contributed by atoms with E-state index in [-0.39, 0.29) is 0 Å². The predicted octanol–water partition coefficient (Wildman–Crippen LogP) is 14.5. The van der Waals surface area contributed by atoms with E-state index in [4.69, 9.17) is 4.42 Å². The number of rotatable bonds is 6. The van der Waals surface area contributed by atoms with Gasteiger partial charge in [-0.2, -0.15) is 0 Å². The van der Waals surface area contributed by atoms with Crippen molar-refractivity contribution in [3.63, 3.8) is 0 Å². The monoisotopic (exact) mass is 676 g/mol. The smallest absolute Gasteiger partial charge is 0.135 e. The Hall–Kier alpha value is -6.70. The number of hydrogen-bond acceptors (Lipinski definition) is 1. The number of benzene rings is 8. The molecule has 0 radical (unpaired) electrons.